The Kier molecular flexibility index (Phi) is 15.8. The minimum atomic E-state index is -0.977. The van der Waals surface area contributed by atoms with Crippen molar-refractivity contribution in [2.45, 2.75) is 128 Å². The van der Waals surface area contributed by atoms with Gasteiger partial charge in [0.05, 0.1) is 45.7 Å². The number of unbranched alkanes of at least 4 members (excludes halogenated alkanes) is 2. The lowest BCUT2D eigenvalue weighted by atomic mass is 9.97. The molecular weight excluding hydrogens is 696 g/mol. The van der Waals surface area contributed by atoms with E-state index in [1.54, 1.807) is 0 Å². The zero-order valence-corrected chi connectivity index (χ0v) is 32.5. The molecule has 55 heavy (non-hydrogen) atoms. The van der Waals surface area contributed by atoms with E-state index in [9.17, 15) is 5.11 Å². The molecule has 0 radical (unpaired) electrons. The van der Waals surface area contributed by atoms with Gasteiger partial charge in [0.2, 0.25) is 0 Å². The molecule has 2 fully saturated rings. The van der Waals surface area contributed by atoms with Gasteiger partial charge in [-0.15, -0.1) is 0 Å². The minimum Gasteiger partial charge on any atom is -0.388 e. The molecule has 2 aliphatic rings. The van der Waals surface area contributed by atoms with Crippen LogP contribution in [-0.2, 0) is 64.3 Å². The summed E-state index contributed by atoms with van der Waals surface area (Å²) in [5.41, 5.74) is 4.07. The van der Waals surface area contributed by atoms with Crippen molar-refractivity contribution in [1.29, 1.82) is 0 Å². The highest BCUT2D eigenvalue weighted by Gasteiger charge is 2.50. The fraction of sp³-hybridized carbons (Fsp3) is 0.478. The van der Waals surface area contributed by atoms with Crippen LogP contribution in [0.4, 0.5) is 0 Å². The Labute approximate surface area is 326 Å². The van der Waals surface area contributed by atoms with Crippen molar-refractivity contribution in [3.63, 3.8) is 0 Å². The molecular formula is C46H58O9. The van der Waals surface area contributed by atoms with Crippen LogP contribution >= 0.6 is 0 Å². The fourth-order valence-corrected chi connectivity index (χ4v) is 7.18. The third-order valence-electron chi connectivity index (χ3n) is 9.96. The van der Waals surface area contributed by atoms with E-state index in [0.29, 0.717) is 19.8 Å². The molecule has 8 atom stereocenters. The average Bonchev–Trinajstić information content (AvgIpc) is 3.53. The van der Waals surface area contributed by atoms with E-state index >= 15 is 0 Å². The van der Waals surface area contributed by atoms with Gasteiger partial charge in [-0.2, -0.15) is 0 Å². The molecule has 0 saturated carbocycles. The topological polar surface area (TPSA) is 94.1 Å². The van der Waals surface area contributed by atoms with Gasteiger partial charge in [0.15, 0.2) is 12.1 Å². The number of rotatable bonds is 21. The minimum absolute atomic E-state index is 0.0667. The largest absolute Gasteiger partial charge is 0.388 e. The monoisotopic (exact) mass is 754 g/mol. The third-order valence-corrected chi connectivity index (χ3v) is 9.96. The normalized spacial score (nSPS) is 25.5. The third kappa shape index (κ3) is 12.5. The molecule has 9 nitrogen and oxygen atoms in total. The van der Waals surface area contributed by atoms with Gasteiger partial charge in [-0.1, -0.05) is 148 Å². The molecule has 0 amide bonds. The van der Waals surface area contributed by atoms with Crippen LogP contribution in [0.25, 0.3) is 0 Å². The maximum atomic E-state index is 11.6. The first kappa shape index (κ1) is 41.2. The second-order valence-corrected chi connectivity index (χ2v) is 14.9. The highest BCUT2D eigenvalue weighted by molar-refractivity contribution is 5.16. The summed E-state index contributed by atoms with van der Waals surface area (Å²) < 4.78 is 52.5. The molecule has 1 N–H and O–H groups in total. The van der Waals surface area contributed by atoms with Crippen LogP contribution in [0.2, 0.25) is 0 Å². The number of hydrogen-bond donors (Lipinski definition) is 1. The SMILES string of the molecule is CCCCC[C@H]1OC(C)(C)O[C@H]1[C@H](O)CO[C@H]1O[C@H](COCc2ccccc2)[C@H](OCc2ccccc2)[C@H](OCc2ccccc2)[C@H]1OCc1ccccc1. The summed E-state index contributed by atoms with van der Waals surface area (Å²) in [5, 5.41) is 11.6. The molecule has 2 heterocycles. The molecule has 2 aliphatic heterocycles. The van der Waals surface area contributed by atoms with Crippen molar-refractivity contribution >= 4 is 0 Å². The van der Waals surface area contributed by atoms with Crippen LogP contribution in [0.5, 0.6) is 0 Å². The van der Waals surface area contributed by atoms with Crippen LogP contribution in [-0.4, -0.2) is 73.1 Å². The van der Waals surface area contributed by atoms with Crippen molar-refractivity contribution in [3.05, 3.63) is 144 Å². The lowest BCUT2D eigenvalue weighted by Crippen LogP contribution is -2.62. The van der Waals surface area contributed by atoms with E-state index in [0.717, 1.165) is 47.9 Å². The Bertz CT molecular complexity index is 1620. The smallest absolute Gasteiger partial charge is 0.187 e. The Morgan fingerprint density at radius 1 is 0.582 bits per heavy atom. The van der Waals surface area contributed by atoms with Crippen molar-refractivity contribution in [2.75, 3.05) is 13.2 Å². The molecule has 0 unspecified atom stereocenters. The van der Waals surface area contributed by atoms with Crippen molar-refractivity contribution < 1.29 is 43.0 Å². The van der Waals surface area contributed by atoms with Gasteiger partial charge in [0.25, 0.3) is 0 Å². The second kappa shape index (κ2) is 21.2. The highest BCUT2D eigenvalue weighted by atomic mass is 16.8. The van der Waals surface area contributed by atoms with Gasteiger partial charge < -0.3 is 43.0 Å². The van der Waals surface area contributed by atoms with Crippen LogP contribution in [0.1, 0.15) is 68.7 Å². The molecule has 9 heteroatoms. The molecule has 0 aromatic heterocycles. The maximum absolute atomic E-state index is 11.6. The van der Waals surface area contributed by atoms with Crippen molar-refractivity contribution in [2.24, 2.45) is 0 Å². The van der Waals surface area contributed by atoms with Crippen molar-refractivity contribution in [3.8, 4) is 0 Å². The van der Waals surface area contributed by atoms with Crippen LogP contribution < -0.4 is 0 Å². The van der Waals surface area contributed by atoms with Crippen LogP contribution in [0.15, 0.2) is 121 Å². The standard InChI is InChI=1S/C46H58O9/c1-4-5-10-27-39-41(55-46(2,3)54-39)38(47)32-52-45-44(51-31-37-25-17-9-18-26-37)43(50-30-36-23-15-8-16-24-36)42(49-29-35-21-13-7-14-22-35)40(53-45)33-48-28-34-19-11-6-12-20-34/h6-9,11-26,38-45,47H,4-5,10,27-33H2,1-3H3/t38-,39-,40-,41+,42+,43+,44-,45+/m1/s1. The van der Waals surface area contributed by atoms with Gasteiger partial charge in [-0.05, 0) is 42.5 Å². The number of ether oxygens (including phenoxy) is 8. The summed E-state index contributed by atoms with van der Waals surface area (Å²) in [6, 6.07) is 40.1. The molecule has 4 aromatic rings. The zero-order valence-electron chi connectivity index (χ0n) is 32.5. The summed E-state index contributed by atoms with van der Waals surface area (Å²) in [5.74, 6) is -0.813. The van der Waals surface area contributed by atoms with Gasteiger partial charge in [-0.25, -0.2) is 0 Å². The highest BCUT2D eigenvalue weighted by Crippen LogP contribution is 2.35. The molecule has 0 aliphatic carbocycles. The summed E-state index contributed by atoms with van der Waals surface area (Å²) in [6.45, 7) is 7.42. The number of hydrogen-bond acceptors (Lipinski definition) is 9. The average molecular weight is 755 g/mol. The Hall–Kier alpha value is -3.48. The van der Waals surface area contributed by atoms with E-state index in [2.05, 4.69) is 6.92 Å². The molecule has 2 saturated heterocycles. The molecule has 4 aromatic carbocycles. The number of aliphatic hydroxyl groups is 1. The summed E-state index contributed by atoms with van der Waals surface area (Å²) in [4.78, 5) is 0. The van der Waals surface area contributed by atoms with E-state index in [4.69, 9.17) is 37.9 Å². The maximum Gasteiger partial charge on any atom is 0.187 e. The molecule has 6 rings (SSSR count). The predicted molar refractivity (Wildman–Crippen MR) is 210 cm³/mol. The van der Waals surface area contributed by atoms with Crippen LogP contribution in [0.3, 0.4) is 0 Å². The zero-order chi connectivity index (χ0) is 38.3. The first-order valence-electron chi connectivity index (χ1n) is 19.8. The van der Waals surface area contributed by atoms with Gasteiger partial charge in [-0.3, -0.25) is 0 Å². The lowest BCUT2D eigenvalue weighted by molar-refractivity contribution is -0.332. The second-order valence-electron chi connectivity index (χ2n) is 14.9. The fourth-order valence-electron chi connectivity index (χ4n) is 7.18. The Morgan fingerprint density at radius 2 is 1.07 bits per heavy atom. The first-order chi connectivity index (χ1) is 26.9. The van der Waals surface area contributed by atoms with Gasteiger partial charge in [0.1, 0.15) is 36.6 Å². The van der Waals surface area contributed by atoms with Gasteiger partial charge >= 0.3 is 0 Å². The van der Waals surface area contributed by atoms with E-state index in [-0.39, 0.29) is 25.9 Å². The summed E-state index contributed by atoms with van der Waals surface area (Å²) in [7, 11) is 0. The quantitative estimate of drug-likeness (QED) is 0.0846. The summed E-state index contributed by atoms with van der Waals surface area (Å²) in [6.07, 6.45) is -1.34. The Balaban J connectivity index is 1.27. The predicted octanol–water partition coefficient (Wildman–Crippen LogP) is 8.16. The summed E-state index contributed by atoms with van der Waals surface area (Å²) >= 11 is 0. The van der Waals surface area contributed by atoms with E-state index in [1.165, 1.54) is 0 Å². The number of benzene rings is 4. The number of aliphatic hydroxyl groups excluding tert-OH is 1. The molecule has 0 spiro atoms. The lowest BCUT2D eigenvalue weighted by Gasteiger charge is -2.46. The molecule has 0 bridgehead atoms. The van der Waals surface area contributed by atoms with Gasteiger partial charge in [0, 0.05) is 0 Å². The Morgan fingerprint density at radius 3 is 1.60 bits per heavy atom. The van der Waals surface area contributed by atoms with E-state index in [1.807, 2.05) is 135 Å². The van der Waals surface area contributed by atoms with Crippen molar-refractivity contribution in [1.82, 2.24) is 0 Å². The molecule has 296 valence electrons. The van der Waals surface area contributed by atoms with E-state index < -0.39 is 48.7 Å². The first-order valence-corrected chi connectivity index (χ1v) is 19.8. The van der Waals surface area contributed by atoms with Crippen LogP contribution in [0, 0.1) is 0 Å².